The van der Waals surface area contributed by atoms with Crippen LogP contribution in [-0.2, 0) is 0 Å². The zero-order valence-corrected chi connectivity index (χ0v) is 11.3. The van der Waals surface area contributed by atoms with E-state index in [1.807, 2.05) is 13.0 Å². The van der Waals surface area contributed by atoms with Crippen molar-refractivity contribution in [3.05, 3.63) is 17.1 Å². The topological polar surface area (TPSA) is 70.3 Å². The van der Waals surface area contributed by atoms with Crippen molar-refractivity contribution in [3.8, 4) is 11.5 Å². The van der Waals surface area contributed by atoms with Crippen molar-refractivity contribution in [2.45, 2.75) is 16.2 Å². The molecular formula is C11H11N3O2S2. The van der Waals surface area contributed by atoms with Gasteiger partial charge >= 0.3 is 0 Å². The Morgan fingerprint density at radius 2 is 1.94 bits per heavy atom. The number of hydrogen-bond donors (Lipinski definition) is 1. The molecule has 3 rings (SSSR count). The summed E-state index contributed by atoms with van der Waals surface area (Å²) in [5.74, 6) is 1.44. The highest BCUT2D eigenvalue weighted by Crippen LogP contribution is 2.41. The van der Waals surface area contributed by atoms with Crippen LogP contribution in [0.3, 0.4) is 0 Å². The molecule has 1 aromatic carbocycles. The Kier molecular flexibility index (Phi) is 3.00. The van der Waals surface area contributed by atoms with E-state index in [-0.39, 0.29) is 0 Å². The number of ether oxygens (including phenoxy) is 2. The first kappa shape index (κ1) is 11.6. The molecule has 0 saturated heterocycles. The van der Waals surface area contributed by atoms with E-state index in [1.54, 1.807) is 17.4 Å². The van der Waals surface area contributed by atoms with Crippen molar-refractivity contribution in [1.82, 2.24) is 10.2 Å². The molecule has 1 aliphatic rings. The van der Waals surface area contributed by atoms with Gasteiger partial charge in [-0.2, -0.15) is 0 Å². The number of fused-ring (bicyclic) bond motifs is 1. The fraction of sp³-hybridized carbons (Fsp3) is 0.273. The van der Waals surface area contributed by atoms with Crippen LogP contribution in [0.25, 0.3) is 0 Å². The van der Waals surface area contributed by atoms with Gasteiger partial charge in [-0.3, -0.25) is 0 Å². The number of aryl methyl sites for hydroxylation is 1. The first-order valence-corrected chi connectivity index (χ1v) is 7.03. The van der Waals surface area contributed by atoms with Crippen molar-refractivity contribution in [2.75, 3.05) is 18.9 Å². The Balaban J connectivity index is 1.92. The van der Waals surface area contributed by atoms with Gasteiger partial charge in [0.15, 0.2) is 15.8 Å². The second-order valence-corrected chi connectivity index (χ2v) is 6.19. The number of nitrogen functional groups attached to an aromatic ring is 1. The molecule has 1 aromatic heterocycles. The van der Waals surface area contributed by atoms with Gasteiger partial charge in [0.05, 0.1) is 0 Å². The van der Waals surface area contributed by atoms with Crippen LogP contribution in [0.2, 0.25) is 0 Å². The summed E-state index contributed by atoms with van der Waals surface area (Å²) in [6, 6.07) is 3.69. The summed E-state index contributed by atoms with van der Waals surface area (Å²) in [6.07, 6.45) is 0. The number of anilines is 1. The van der Waals surface area contributed by atoms with Crippen LogP contribution in [0.15, 0.2) is 21.4 Å². The quantitative estimate of drug-likeness (QED) is 0.852. The van der Waals surface area contributed by atoms with Crippen molar-refractivity contribution < 1.29 is 9.47 Å². The largest absolute Gasteiger partial charge is 0.486 e. The summed E-state index contributed by atoms with van der Waals surface area (Å²) >= 11 is 3.03. The number of nitrogens with zero attached hydrogens (tertiary/aromatic N) is 2. The molecule has 0 atom stereocenters. The third kappa shape index (κ3) is 2.23. The van der Waals surface area contributed by atoms with Crippen LogP contribution in [0.5, 0.6) is 11.5 Å². The predicted molar refractivity (Wildman–Crippen MR) is 70.6 cm³/mol. The van der Waals surface area contributed by atoms with Gasteiger partial charge in [-0.1, -0.05) is 23.1 Å². The maximum absolute atomic E-state index is 6.00. The SMILES string of the molecule is Cc1nnc(Sc2cc3c(cc2N)OCCO3)s1. The van der Waals surface area contributed by atoms with Crippen LogP contribution in [0.1, 0.15) is 5.01 Å². The third-order valence-electron chi connectivity index (χ3n) is 2.38. The number of aromatic nitrogens is 2. The maximum Gasteiger partial charge on any atom is 0.179 e. The molecule has 2 N–H and O–H groups in total. The van der Waals surface area contributed by atoms with Crippen LogP contribution in [-0.4, -0.2) is 23.4 Å². The average Bonchev–Trinajstić information content (AvgIpc) is 2.76. The van der Waals surface area contributed by atoms with Crippen LogP contribution >= 0.6 is 23.1 Å². The highest BCUT2D eigenvalue weighted by atomic mass is 32.2. The van der Waals surface area contributed by atoms with E-state index < -0.39 is 0 Å². The maximum atomic E-state index is 6.00. The summed E-state index contributed by atoms with van der Waals surface area (Å²) < 4.78 is 11.9. The molecule has 0 saturated carbocycles. The zero-order valence-electron chi connectivity index (χ0n) is 9.67. The Morgan fingerprint density at radius 1 is 1.22 bits per heavy atom. The average molecular weight is 281 g/mol. The molecule has 18 heavy (non-hydrogen) atoms. The second-order valence-electron chi connectivity index (χ2n) is 3.72. The van der Waals surface area contributed by atoms with E-state index in [0.29, 0.717) is 24.7 Å². The Morgan fingerprint density at radius 3 is 2.61 bits per heavy atom. The fourth-order valence-corrected chi connectivity index (χ4v) is 3.41. The normalized spacial score (nSPS) is 13.6. The Bertz CT molecular complexity index is 586. The molecular weight excluding hydrogens is 270 g/mol. The van der Waals surface area contributed by atoms with Crippen molar-refractivity contribution in [2.24, 2.45) is 0 Å². The molecule has 0 bridgehead atoms. The summed E-state index contributed by atoms with van der Waals surface area (Å²) in [6.45, 7) is 3.06. The summed E-state index contributed by atoms with van der Waals surface area (Å²) in [4.78, 5) is 0.912. The molecule has 0 radical (unpaired) electrons. The molecule has 0 spiro atoms. The molecule has 2 aromatic rings. The molecule has 0 fully saturated rings. The standard InChI is InChI=1S/C11H11N3O2S2/c1-6-13-14-11(17-6)18-10-5-9-8(4-7(10)12)15-2-3-16-9/h4-5H,2-3,12H2,1H3. The van der Waals surface area contributed by atoms with Gasteiger partial charge in [0.1, 0.15) is 18.2 Å². The molecule has 94 valence electrons. The van der Waals surface area contributed by atoms with Gasteiger partial charge in [-0.25, -0.2) is 0 Å². The van der Waals surface area contributed by atoms with Crippen LogP contribution in [0.4, 0.5) is 5.69 Å². The van der Waals surface area contributed by atoms with E-state index in [1.165, 1.54) is 11.8 Å². The van der Waals surface area contributed by atoms with E-state index in [2.05, 4.69) is 10.2 Å². The monoisotopic (exact) mass is 281 g/mol. The molecule has 5 nitrogen and oxygen atoms in total. The molecule has 1 aliphatic heterocycles. The van der Waals surface area contributed by atoms with Gasteiger partial charge in [0.2, 0.25) is 0 Å². The third-order valence-corrected chi connectivity index (χ3v) is 4.34. The highest BCUT2D eigenvalue weighted by molar-refractivity contribution is 8.01. The highest BCUT2D eigenvalue weighted by Gasteiger charge is 2.16. The number of hydrogen-bond acceptors (Lipinski definition) is 7. The summed E-state index contributed by atoms with van der Waals surface area (Å²) in [5, 5.41) is 8.99. The fourth-order valence-electron chi connectivity index (χ4n) is 1.59. The van der Waals surface area contributed by atoms with Gasteiger partial charge in [0, 0.05) is 22.7 Å². The smallest absolute Gasteiger partial charge is 0.179 e. The lowest BCUT2D eigenvalue weighted by molar-refractivity contribution is 0.171. The van der Waals surface area contributed by atoms with Gasteiger partial charge < -0.3 is 15.2 Å². The molecule has 2 heterocycles. The van der Waals surface area contributed by atoms with Crippen molar-refractivity contribution in [3.63, 3.8) is 0 Å². The number of benzene rings is 1. The van der Waals surface area contributed by atoms with Gasteiger partial charge in [-0.05, 0) is 6.92 Å². The van der Waals surface area contributed by atoms with Gasteiger partial charge in [0.25, 0.3) is 0 Å². The minimum Gasteiger partial charge on any atom is -0.486 e. The first-order valence-electron chi connectivity index (χ1n) is 5.39. The van der Waals surface area contributed by atoms with Crippen molar-refractivity contribution >= 4 is 28.8 Å². The lowest BCUT2D eigenvalue weighted by atomic mass is 10.2. The Hall–Kier alpha value is -1.47. The van der Waals surface area contributed by atoms with E-state index in [9.17, 15) is 0 Å². The van der Waals surface area contributed by atoms with Gasteiger partial charge in [-0.15, -0.1) is 10.2 Å². The first-order chi connectivity index (χ1) is 8.72. The van der Waals surface area contributed by atoms with Crippen LogP contribution < -0.4 is 15.2 Å². The molecule has 0 unspecified atom stereocenters. The lowest BCUT2D eigenvalue weighted by Gasteiger charge is -2.19. The predicted octanol–water partition coefficient (Wildman–Crippen LogP) is 2.35. The number of rotatable bonds is 2. The van der Waals surface area contributed by atoms with E-state index in [4.69, 9.17) is 15.2 Å². The van der Waals surface area contributed by atoms with E-state index in [0.717, 1.165) is 20.0 Å². The van der Waals surface area contributed by atoms with Crippen molar-refractivity contribution in [1.29, 1.82) is 0 Å². The minimum atomic E-state index is 0.564. The Labute approximate surface area is 112 Å². The van der Waals surface area contributed by atoms with E-state index >= 15 is 0 Å². The second kappa shape index (κ2) is 4.66. The summed E-state index contributed by atoms with van der Waals surface area (Å²) in [5.41, 5.74) is 6.66. The molecule has 0 amide bonds. The molecule has 7 heteroatoms. The zero-order chi connectivity index (χ0) is 12.5. The molecule has 0 aliphatic carbocycles. The number of nitrogens with two attached hydrogens (primary N) is 1. The minimum absolute atomic E-state index is 0.564. The summed E-state index contributed by atoms with van der Waals surface area (Å²) in [7, 11) is 0. The van der Waals surface area contributed by atoms with Crippen LogP contribution in [0, 0.1) is 6.92 Å². The lowest BCUT2D eigenvalue weighted by Crippen LogP contribution is -2.15.